The van der Waals surface area contributed by atoms with E-state index in [4.69, 9.17) is 5.41 Å². The van der Waals surface area contributed by atoms with Gasteiger partial charge in [0.25, 0.3) is 5.91 Å². The quantitative estimate of drug-likeness (QED) is 0.487. The van der Waals surface area contributed by atoms with Crippen molar-refractivity contribution in [2.45, 2.75) is 6.04 Å². The molecule has 1 fully saturated rings. The first kappa shape index (κ1) is 14.3. The molecule has 1 atom stereocenters. The van der Waals surface area contributed by atoms with Gasteiger partial charge < -0.3 is 9.69 Å². The van der Waals surface area contributed by atoms with Crippen molar-refractivity contribution in [2.24, 2.45) is 0 Å². The van der Waals surface area contributed by atoms with E-state index in [0.717, 1.165) is 4.90 Å². The van der Waals surface area contributed by atoms with Gasteiger partial charge in [-0.05, 0) is 14.1 Å². The van der Waals surface area contributed by atoms with Crippen molar-refractivity contribution in [3.05, 3.63) is 0 Å². The minimum Gasteiger partial charge on any atom is -0.308 e. The van der Waals surface area contributed by atoms with Gasteiger partial charge in [0.05, 0.1) is 6.54 Å². The van der Waals surface area contributed by atoms with Gasteiger partial charge in [0.1, 0.15) is 18.2 Å². The first-order valence-electron chi connectivity index (χ1n) is 5.50. The highest BCUT2D eigenvalue weighted by Gasteiger charge is 2.37. The molecule has 8 heteroatoms. The van der Waals surface area contributed by atoms with Gasteiger partial charge in [-0.3, -0.25) is 25.7 Å². The van der Waals surface area contributed by atoms with Gasteiger partial charge in [0, 0.05) is 13.1 Å². The molecule has 1 aliphatic rings. The number of nitrogens with zero attached hydrogens (tertiary/aromatic N) is 2. The minimum absolute atomic E-state index is 0.0455. The van der Waals surface area contributed by atoms with Crippen LogP contribution in [0.5, 0.6) is 0 Å². The highest BCUT2D eigenvalue weighted by molar-refractivity contribution is 6.19. The smallest absolute Gasteiger partial charge is 0.308 e. The molecule has 1 heterocycles. The maximum Gasteiger partial charge on any atom is 0.329 e. The number of likely N-dealkylation sites (N-methyl/N-ethyl adjacent to an activating group) is 1. The van der Waals surface area contributed by atoms with Crippen molar-refractivity contribution < 1.29 is 14.4 Å². The lowest BCUT2D eigenvalue weighted by Crippen LogP contribution is -2.65. The summed E-state index contributed by atoms with van der Waals surface area (Å²) in [6.45, 7) is 0.729. The third-order valence-corrected chi connectivity index (χ3v) is 2.46. The van der Waals surface area contributed by atoms with Gasteiger partial charge in [-0.25, -0.2) is 4.79 Å². The van der Waals surface area contributed by atoms with Crippen molar-refractivity contribution in [2.75, 3.05) is 33.7 Å². The maximum atomic E-state index is 12.0. The topological polar surface area (TPSA) is 106 Å². The molecule has 0 saturated carbocycles. The van der Waals surface area contributed by atoms with Gasteiger partial charge in [0.15, 0.2) is 0 Å². The molecule has 18 heavy (non-hydrogen) atoms. The van der Waals surface area contributed by atoms with Crippen molar-refractivity contribution in [3.63, 3.8) is 0 Å². The molecular weight excluding hydrogens is 238 g/mol. The first-order valence-corrected chi connectivity index (χ1v) is 5.50. The number of hydrogen-bond donors (Lipinski definition) is 3. The number of imide groups is 1. The molecule has 8 nitrogen and oxygen atoms in total. The number of amidine groups is 1. The second kappa shape index (κ2) is 6.22. The van der Waals surface area contributed by atoms with Crippen LogP contribution in [0.1, 0.15) is 0 Å². The Kier molecular flexibility index (Phi) is 4.93. The van der Waals surface area contributed by atoms with Gasteiger partial charge in [-0.1, -0.05) is 0 Å². The van der Waals surface area contributed by atoms with Gasteiger partial charge >= 0.3 is 6.03 Å². The van der Waals surface area contributed by atoms with Crippen LogP contribution < -0.4 is 10.6 Å². The highest BCUT2D eigenvalue weighted by Crippen LogP contribution is 2.04. The number of aldehydes is 1. The van der Waals surface area contributed by atoms with Crippen LogP contribution >= 0.6 is 0 Å². The number of carbonyl (C=O) groups is 3. The lowest BCUT2D eigenvalue weighted by Gasteiger charge is -2.32. The SMILES string of the molecule is CN(C)CCN1C(=O)NC(=N)C(NCC=O)C1=O. The number of hydrogen-bond acceptors (Lipinski definition) is 6. The Morgan fingerprint density at radius 3 is 2.72 bits per heavy atom. The number of carbonyl (C=O) groups excluding carboxylic acids is 3. The van der Waals surface area contributed by atoms with Crippen LogP contribution in [0.2, 0.25) is 0 Å². The Balaban J connectivity index is 2.71. The average Bonchev–Trinajstić information content (AvgIpc) is 2.27. The fourth-order valence-electron chi connectivity index (χ4n) is 1.50. The van der Waals surface area contributed by atoms with Crippen LogP contribution in [-0.2, 0) is 9.59 Å². The summed E-state index contributed by atoms with van der Waals surface area (Å²) in [5, 5.41) is 12.4. The summed E-state index contributed by atoms with van der Waals surface area (Å²) >= 11 is 0. The number of nitrogens with one attached hydrogen (secondary N) is 3. The number of urea groups is 1. The molecule has 1 rings (SSSR count). The van der Waals surface area contributed by atoms with Crippen LogP contribution in [0.15, 0.2) is 0 Å². The Hall–Kier alpha value is -1.80. The van der Waals surface area contributed by atoms with Crippen LogP contribution in [0, 0.1) is 5.41 Å². The average molecular weight is 255 g/mol. The standard InChI is InChI=1S/C10H17N5O3/c1-14(2)4-5-15-9(17)7(12-3-6-16)8(11)13-10(15)18/h6-7,12H,3-5H2,1-2H3,(H2,11,13,18). The Morgan fingerprint density at radius 1 is 1.50 bits per heavy atom. The zero-order chi connectivity index (χ0) is 13.7. The third kappa shape index (κ3) is 3.34. The molecule has 3 amide bonds. The molecule has 0 aliphatic carbocycles. The van der Waals surface area contributed by atoms with Crippen LogP contribution in [0.25, 0.3) is 0 Å². The number of rotatable bonds is 6. The summed E-state index contributed by atoms with van der Waals surface area (Å²) in [7, 11) is 3.66. The van der Waals surface area contributed by atoms with Gasteiger partial charge in [-0.15, -0.1) is 0 Å². The Labute approximate surface area is 105 Å². The molecule has 100 valence electrons. The fraction of sp³-hybridized carbons (Fsp3) is 0.600. The molecule has 0 aromatic carbocycles. The molecule has 0 aromatic heterocycles. The summed E-state index contributed by atoms with van der Waals surface area (Å²) in [6.07, 6.45) is 0.598. The molecule has 1 unspecified atom stereocenters. The lowest BCUT2D eigenvalue weighted by atomic mass is 10.2. The molecule has 0 radical (unpaired) electrons. The van der Waals surface area contributed by atoms with Crippen LogP contribution in [-0.4, -0.2) is 73.6 Å². The molecule has 3 N–H and O–H groups in total. The van der Waals surface area contributed by atoms with Crippen LogP contribution in [0.4, 0.5) is 4.79 Å². The fourth-order valence-corrected chi connectivity index (χ4v) is 1.50. The summed E-state index contributed by atoms with van der Waals surface area (Å²) in [5.74, 6) is -0.736. The van der Waals surface area contributed by atoms with Crippen molar-refractivity contribution >= 4 is 24.1 Å². The van der Waals surface area contributed by atoms with Crippen molar-refractivity contribution in [1.29, 1.82) is 5.41 Å². The van der Waals surface area contributed by atoms with Crippen LogP contribution in [0.3, 0.4) is 0 Å². The largest absolute Gasteiger partial charge is 0.329 e. The van der Waals surface area contributed by atoms with E-state index < -0.39 is 18.0 Å². The summed E-state index contributed by atoms with van der Waals surface area (Å²) < 4.78 is 0. The van der Waals surface area contributed by atoms with E-state index in [1.54, 1.807) is 0 Å². The second-order valence-corrected chi connectivity index (χ2v) is 4.14. The lowest BCUT2D eigenvalue weighted by molar-refractivity contribution is -0.129. The third-order valence-electron chi connectivity index (χ3n) is 2.46. The van der Waals surface area contributed by atoms with Gasteiger partial charge in [0.2, 0.25) is 0 Å². The normalized spacial score (nSPS) is 20.3. The molecule has 0 aromatic rings. The summed E-state index contributed by atoms with van der Waals surface area (Å²) in [6, 6.07) is -1.56. The second-order valence-electron chi connectivity index (χ2n) is 4.14. The molecule has 1 saturated heterocycles. The monoisotopic (exact) mass is 255 g/mol. The molecule has 1 aliphatic heterocycles. The van der Waals surface area contributed by atoms with E-state index in [1.165, 1.54) is 0 Å². The molecule has 0 bridgehead atoms. The Morgan fingerprint density at radius 2 is 2.17 bits per heavy atom. The highest BCUT2D eigenvalue weighted by atomic mass is 16.2. The molecular formula is C10H17N5O3. The van der Waals surface area contributed by atoms with Crippen molar-refractivity contribution in [3.8, 4) is 0 Å². The van der Waals surface area contributed by atoms with E-state index in [2.05, 4.69) is 10.6 Å². The van der Waals surface area contributed by atoms with E-state index in [0.29, 0.717) is 12.8 Å². The Bertz CT molecular complexity index is 369. The zero-order valence-corrected chi connectivity index (χ0v) is 10.4. The van der Waals surface area contributed by atoms with E-state index in [1.807, 2.05) is 19.0 Å². The first-order chi connectivity index (χ1) is 8.47. The maximum absolute atomic E-state index is 12.0. The van der Waals surface area contributed by atoms with Crippen molar-refractivity contribution in [1.82, 2.24) is 20.4 Å². The van der Waals surface area contributed by atoms with E-state index in [-0.39, 0.29) is 18.9 Å². The summed E-state index contributed by atoms with van der Waals surface area (Å²) in [4.78, 5) is 36.7. The predicted molar refractivity (Wildman–Crippen MR) is 64.4 cm³/mol. The molecule has 0 spiro atoms. The zero-order valence-electron chi connectivity index (χ0n) is 10.4. The predicted octanol–water partition coefficient (Wildman–Crippen LogP) is -1.77. The summed E-state index contributed by atoms with van der Waals surface area (Å²) in [5.41, 5.74) is 0. The number of amides is 3. The van der Waals surface area contributed by atoms with Gasteiger partial charge in [-0.2, -0.15) is 0 Å². The van der Waals surface area contributed by atoms with E-state index >= 15 is 0 Å². The minimum atomic E-state index is -0.963. The van der Waals surface area contributed by atoms with E-state index in [9.17, 15) is 14.4 Å².